The summed E-state index contributed by atoms with van der Waals surface area (Å²) in [6.07, 6.45) is 5.28. The maximum atomic E-state index is 13.9. The highest BCUT2D eigenvalue weighted by Crippen LogP contribution is 2.13. The van der Waals surface area contributed by atoms with E-state index in [1.807, 2.05) is 20.8 Å². The van der Waals surface area contributed by atoms with Crippen LogP contribution in [0.5, 0.6) is 5.75 Å². The summed E-state index contributed by atoms with van der Waals surface area (Å²) in [4.78, 5) is 76.6. The molecule has 13 N–H and O–H groups in total. The lowest BCUT2D eigenvalue weighted by Gasteiger charge is -2.27. The molecule has 0 bridgehead atoms. The van der Waals surface area contributed by atoms with E-state index in [0.717, 1.165) is 6.42 Å². The normalized spacial score (nSPS) is 14.0. The Morgan fingerprint density at radius 3 is 2.02 bits per heavy atom. The number of aromatic hydroxyl groups is 1. The van der Waals surface area contributed by atoms with Crippen molar-refractivity contribution in [3.8, 4) is 5.75 Å². The third-order valence-electron chi connectivity index (χ3n) is 7.73. The molecule has 0 saturated heterocycles. The number of aromatic nitrogens is 2. The van der Waals surface area contributed by atoms with Crippen molar-refractivity contribution in [1.82, 2.24) is 31.2 Å². The standard InChI is InChI=1S/C33H52N10O7/c1-4-5-7-23(34)28(45)40-24(8-6-13-38-33(35)36)29(46)42-26(15-20-9-11-22(44)12-10-20)31(48)41-25(14-19(2)3)30(47)43-27(32(49)50)16-21-17-37-18-39-21/h9-12,17-19,23-27,44H,4-8,13-16,34H2,1-3H3,(H,37,39)(H,40,45)(H,41,48)(H,42,46)(H,43,47)(H,49,50)(H4,35,36,38)/t23-,24-,25-,26-,27-/m0/s1. The molecule has 1 heterocycles. The summed E-state index contributed by atoms with van der Waals surface area (Å²) in [7, 11) is 0. The summed E-state index contributed by atoms with van der Waals surface area (Å²) < 4.78 is 0. The van der Waals surface area contributed by atoms with Gasteiger partial charge in [-0.3, -0.25) is 24.2 Å². The van der Waals surface area contributed by atoms with Crippen LogP contribution in [-0.2, 0) is 36.8 Å². The highest BCUT2D eigenvalue weighted by Gasteiger charge is 2.32. The Kier molecular flexibility index (Phi) is 17.2. The predicted molar refractivity (Wildman–Crippen MR) is 186 cm³/mol. The second-order valence-corrected chi connectivity index (χ2v) is 12.6. The van der Waals surface area contributed by atoms with Crippen LogP contribution in [0.2, 0.25) is 0 Å². The van der Waals surface area contributed by atoms with Gasteiger partial charge < -0.3 is 53.7 Å². The van der Waals surface area contributed by atoms with Gasteiger partial charge in [-0.2, -0.15) is 0 Å². The molecule has 0 aliphatic carbocycles. The van der Waals surface area contributed by atoms with Crippen LogP contribution in [-0.4, -0.2) is 92.5 Å². The summed E-state index contributed by atoms with van der Waals surface area (Å²) in [5, 5.41) is 30.1. The Balaban J connectivity index is 2.34. The summed E-state index contributed by atoms with van der Waals surface area (Å²) in [5.74, 6) is -4.15. The van der Waals surface area contributed by atoms with Gasteiger partial charge in [0.15, 0.2) is 5.96 Å². The number of nitrogens with one attached hydrogen (secondary N) is 5. The molecule has 17 heteroatoms. The number of nitrogens with two attached hydrogens (primary N) is 3. The molecular weight excluding hydrogens is 648 g/mol. The van der Waals surface area contributed by atoms with E-state index < -0.39 is 59.8 Å². The fraction of sp³-hybridized carbons (Fsp3) is 0.545. The van der Waals surface area contributed by atoms with Crippen molar-refractivity contribution >= 4 is 35.6 Å². The maximum absolute atomic E-state index is 13.9. The number of benzene rings is 1. The molecule has 0 fully saturated rings. The van der Waals surface area contributed by atoms with Crippen molar-refractivity contribution in [3.05, 3.63) is 48.0 Å². The predicted octanol–water partition coefficient (Wildman–Crippen LogP) is -0.458. The fourth-order valence-corrected chi connectivity index (χ4v) is 5.02. The van der Waals surface area contributed by atoms with Gasteiger partial charge in [-0.25, -0.2) is 9.78 Å². The number of aliphatic carboxylic acids is 1. The monoisotopic (exact) mass is 700 g/mol. The lowest BCUT2D eigenvalue weighted by atomic mass is 10.00. The quantitative estimate of drug-likeness (QED) is 0.0426. The lowest BCUT2D eigenvalue weighted by molar-refractivity contribution is -0.142. The van der Waals surface area contributed by atoms with Crippen molar-refractivity contribution < 1.29 is 34.2 Å². The first-order valence-corrected chi connectivity index (χ1v) is 16.7. The first-order chi connectivity index (χ1) is 23.7. The Hall–Kier alpha value is -5.19. The third-order valence-corrected chi connectivity index (χ3v) is 7.73. The van der Waals surface area contributed by atoms with Gasteiger partial charge in [0.2, 0.25) is 23.6 Å². The van der Waals surface area contributed by atoms with E-state index in [1.165, 1.54) is 24.7 Å². The highest BCUT2D eigenvalue weighted by atomic mass is 16.4. The number of carbonyl (C=O) groups is 5. The molecule has 0 radical (unpaired) electrons. The molecule has 0 aliphatic heterocycles. The van der Waals surface area contributed by atoms with E-state index >= 15 is 0 Å². The number of unbranched alkanes of at least 4 members (excludes halogenated alkanes) is 1. The van der Waals surface area contributed by atoms with Crippen LogP contribution >= 0.6 is 0 Å². The number of rotatable bonds is 22. The average Bonchev–Trinajstić information content (AvgIpc) is 3.57. The van der Waals surface area contributed by atoms with E-state index in [1.54, 1.807) is 12.1 Å². The topological polar surface area (TPSA) is 293 Å². The number of phenols is 1. The number of hydrogen-bond donors (Lipinski definition) is 10. The number of carboxylic acids is 1. The maximum Gasteiger partial charge on any atom is 0.326 e. The van der Waals surface area contributed by atoms with Crippen LogP contribution in [0.3, 0.4) is 0 Å². The van der Waals surface area contributed by atoms with Gasteiger partial charge in [0.25, 0.3) is 0 Å². The largest absolute Gasteiger partial charge is 0.508 e. The van der Waals surface area contributed by atoms with E-state index in [2.05, 4.69) is 36.2 Å². The van der Waals surface area contributed by atoms with Crippen LogP contribution in [0.15, 0.2) is 41.8 Å². The molecule has 17 nitrogen and oxygen atoms in total. The van der Waals surface area contributed by atoms with Crippen LogP contribution in [0.25, 0.3) is 0 Å². The van der Waals surface area contributed by atoms with Gasteiger partial charge in [-0.1, -0.05) is 45.7 Å². The van der Waals surface area contributed by atoms with Crippen LogP contribution in [0.1, 0.15) is 70.6 Å². The smallest absolute Gasteiger partial charge is 0.326 e. The first-order valence-electron chi connectivity index (χ1n) is 16.7. The number of hydrogen-bond acceptors (Lipinski definition) is 9. The number of carbonyl (C=O) groups excluding carboxylic acids is 4. The number of H-pyrrole nitrogens is 1. The molecule has 4 amide bonds. The average molecular weight is 701 g/mol. The zero-order valence-corrected chi connectivity index (χ0v) is 28.9. The van der Waals surface area contributed by atoms with Crippen molar-refractivity contribution in [1.29, 1.82) is 0 Å². The molecule has 0 aliphatic rings. The number of aliphatic imine (C=N–C) groups is 1. The van der Waals surface area contributed by atoms with Crippen LogP contribution < -0.4 is 38.5 Å². The molecule has 2 aromatic rings. The van der Waals surface area contributed by atoms with Crippen molar-refractivity contribution in [3.63, 3.8) is 0 Å². The molecule has 5 atom stereocenters. The Labute approximate surface area is 291 Å². The Bertz CT molecular complexity index is 1410. The van der Waals surface area contributed by atoms with Crippen LogP contribution in [0.4, 0.5) is 0 Å². The van der Waals surface area contributed by atoms with E-state index in [-0.39, 0.29) is 49.9 Å². The molecule has 2 rings (SSSR count). The molecule has 1 aromatic heterocycles. The van der Waals surface area contributed by atoms with Crippen molar-refractivity contribution in [2.75, 3.05) is 6.54 Å². The van der Waals surface area contributed by atoms with Gasteiger partial charge in [0, 0.05) is 31.3 Å². The van der Waals surface area contributed by atoms with Gasteiger partial charge in [-0.05, 0) is 49.3 Å². The first kappa shape index (κ1) is 41.0. The van der Waals surface area contributed by atoms with Crippen molar-refractivity contribution in [2.45, 2.75) is 102 Å². The van der Waals surface area contributed by atoms with Gasteiger partial charge in [-0.15, -0.1) is 0 Å². The number of amides is 4. The zero-order valence-electron chi connectivity index (χ0n) is 28.9. The Morgan fingerprint density at radius 2 is 1.44 bits per heavy atom. The lowest BCUT2D eigenvalue weighted by Crippen LogP contribution is -2.59. The molecular formula is C33H52N10O7. The summed E-state index contributed by atoms with van der Waals surface area (Å²) in [5.41, 5.74) is 18.0. The highest BCUT2D eigenvalue weighted by molar-refractivity contribution is 5.95. The SMILES string of the molecule is CCCC[C@H](N)C(=O)N[C@@H](CCCN=C(N)N)C(=O)N[C@@H](Cc1ccc(O)cc1)C(=O)N[C@@H](CC(C)C)C(=O)N[C@@H](Cc1cnc[nH]1)C(=O)O. The number of aromatic amines is 1. The minimum Gasteiger partial charge on any atom is -0.508 e. The molecule has 50 heavy (non-hydrogen) atoms. The third kappa shape index (κ3) is 14.9. The summed E-state index contributed by atoms with van der Waals surface area (Å²) in [6.45, 7) is 5.82. The molecule has 0 saturated carbocycles. The number of carboxylic acid groups (broad SMARTS) is 1. The van der Waals surface area contributed by atoms with Gasteiger partial charge >= 0.3 is 5.97 Å². The molecule has 1 aromatic carbocycles. The number of imidazole rings is 1. The molecule has 0 unspecified atom stereocenters. The fourth-order valence-electron chi connectivity index (χ4n) is 5.02. The second kappa shape index (κ2) is 21.0. The van der Waals surface area contributed by atoms with Gasteiger partial charge in [0.05, 0.1) is 12.4 Å². The van der Waals surface area contributed by atoms with Crippen molar-refractivity contribution in [2.24, 2.45) is 28.1 Å². The summed E-state index contributed by atoms with van der Waals surface area (Å²) in [6, 6.07) is 0.341. The molecule has 0 spiro atoms. The zero-order chi connectivity index (χ0) is 37.2. The second-order valence-electron chi connectivity index (χ2n) is 12.6. The number of guanidine groups is 1. The van der Waals surface area contributed by atoms with Gasteiger partial charge in [0.1, 0.15) is 29.9 Å². The number of nitrogens with zero attached hydrogens (tertiary/aromatic N) is 2. The van der Waals surface area contributed by atoms with E-state index in [0.29, 0.717) is 30.5 Å². The van der Waals surface area contributed by atoms with E-state index in [4.69, 9.17) is 17.2 Å². The Morgan fingerprint density at radius 1 is 0.840 bits per heavy atom. The summed E-state index contributed by atoms with van der Waals surface area (Å²) >= 11 is 0. The van der Waals surface area contributed by atoms with Crippen LogP contribution in [0, 0.1) is 5.92 Å². The number of phenolic OH excluding ortho intramolecular Hbond substituents is 1. The minimum absolute atomic E-state index is 0.00136. The molecule has 276 valence electrons. The minimum atomic E-state index is -1.31. The van der Waals surface area contributed by atoms with E-state index in [9.17, 15) is 34.2 Å².